The van der Waals surface area contributed by atoms with Crippen LogP contribution in [0.25, 0.3) is 0 Å². The van der Waals surface area contributed by atoms with Crippen LogP contribution in [0.4, 0.5) is 0 Å². The Morgan fingerprint density at radius 3 is 0.835 bits per heavy atom. The van der Waals surface area contributed by atoms with Gasteiger partial charge >= 0.3 is 5.97 Å². The van der Waals surface area contributed by atoms with E-state index < -0.39 is 12.1 Å². The van der Waals surface area contributed by atoms with E-state index in [1.807, 2.05) is 6.08 Å². The fraction of sp³-hybridized carbons (Fsp3) is 0.924. The summed E-state index contributed by atoms with van der Waals surface area (Å²) in [6, 6.07) is -0.626. The van der Waals surface area contributed by atoms with Crippen molar-refractivity contribution in [2.24, 2.45) is 0 Å². The molecular formula is C79H153NO5. The number of esters is 1. The van der Waals surface area contributed by atoms with Crippen molar-refractivity contribution in [2.45, 2.75) is 456 Å². The molecule has 0 radical (unpaired) electrons. The summed E-state index contributed by atoms with van der Waals surface area (Å²) < 4.78 is 5.51. The first kappa shape index (κ1) is 83.3. The molecule has 85 heavy (non-hydrogen) atoms. The first-order valence-corrected chi connectivity index (χ1v) is 39.1. The van der Waals surface area contributed by atoms with E-state index in [-0.39, 0.29) is 18.5 Å². The van der Waals surface area contributed by atoms with Gasteiger partial charge in [0.25, 0.3) is 0 Å². The highest BCUT2D eigenvalue weighted by Gasteiger charge is 2.18. The average Bonchev–Trinajstić information content (AvgIpc) is 3.51. The number of hydrogen-bond acceptors (Lipinski definition) is 5. The summed E-state index contributed by atoms with van der Waals surface area (Å²) in [5.74, 6) is -0.0424. The summed E-state index contributed by atoms with van der Waals surface area (Å²) >= 11 is 0. The monoisotopic (exact) mass is 1200 g/mol. The summed E-state index contributed by atoms with van der Waals surface area (Å²) in [6.45, 7) is 4.95. The Labute approximate surface area is 532 Å². The van der Waals surface area contributed by atoms with Gasteiger partial charge in [0, 0.05) is 12.8 Å². The number of allylic oxidation sites excluding steroid dienone is 3. The van der Waals surface area contributed by atoms with E-state index in [0.29, 0.717) is 19.4 Å². The van der Waals surface area contributed by atoms with Crippen molar-refractivity contribution in [1.82, 2.24) is 5.32 Å². The van der Waals surface area contributed by atoms with Crippen LogP contribution in [0.2, 0.25) is 0 Å². The quantitative estimate of drug-likeness (QED) is 0.0320. The lowest BCUT2D eigenvalue weighted by atomic mass is 10.0. The third-order valence-corrected chi connectivity index (χ3v) is 18.5. The van der Waals surface area contributed by atoms with E-state index in [4.69, 9.17) is 4.74 Å². The fourth-order valence-corrected chi connectivity index (χ4v) is 12.5. The molecule has 2 atom stereocenters. The SMILES string of the molecule is CCCCCCCCC/C=C\CCCCCCCCCC(=O)OCCCCCCCCCCCCCCCCCCCCCCCCCCCCCCCC(=O)NC(CO)C(O)/C=C/CCCCCCCCCCCCCCCCCCCCC. The molecule has 0 aliphatic carbocycles. The number of nitrogens with one attached hydrogen (secondary N) is 1. The second kappa shape index (κ2) is 74.8. The van der Waals surface area contributed by atoms with Gasteiger partial charge in [-0.2, -0.15) is 0 Å². The highest BCUT2D eigenvalue weighted by molar-refractivity contribution is 5.76. The van der Waals surface area contributed by atoms with Gasteiger partial charge in [-0.1, -0.05) is 398 Å². The van der Waals surface area contributed by atoms with Gasteiger partial charge in [0.1, 0.15) is 0 Å². The third-order valence-electron chi connectivity index (χ3n) is 18.5. The summed E-state index contributed by atoms with van der Waals surface area (Å²) in [7, 11) is 0. The summed E-state index contributed by atoms with van der Waals surface area (Å²) in [5, 5.41) is 23.3. The maximum absolute atomic E-state index is 12.5. The Morgan fingerprint density at radius 2 is 0.553 bits per heavy atom. The van der Waals surface area contributed by atoms with Crippen molar-refractivity contribution >= 4 is 11.9 Å². The number of rotatable bonds is 74. The fourth-order valence-electron chi connectivity index (χ4n) is 12.5. The molecule has 0 fully saturated rings. The van der Waals surface area contributed by atoms with Crippen molar-refractivity contribution in [1.29, 1.82) is 0 Å². The summed E-state index contributed by atoms with van der Waals surface area (Å²) in [4.78, 5) is 24.7. The zero-order valence-electron chi connectivity index (χ0n) is 57.9. The van der Waals surface area contributed by atoms with Crippen LogP contribution >= 0.6 is 0 Å². The van der Waals surface area contributed by atoms with Crippen LogP contribution in [0.3, 0.4) is 0 Å². The molecule has 0 aromatic carbocycles. The lowest BCUT2D eigenvalue weighted by molar-refractivity contribution is -0.143. The lowest BCUT2D eigenvalue weighted by Gasteiger charge is -2.20. The maximum atomic E-state index is 12.5. The van der Waals surface area contributed by atoms with Crippen molar-refractivity contribution in [3.63, 3.8) is 0 Å². The maximum Gasteiger partial charge on any atom is 0.305 e. The van der Waals surface area contributed by atoms with Crippen LogP contribution in [0.15, 0.2) is 24.3 Å². The Bertz CT molecular complexity index is 1330. The number of ether oxygens (including phenoxy) is 1. The molecule has 0 rings (SSSR count). The lowest BCUT2D eigenvalue weighted by Crippen LogP contribution is -2.45. The van der Waals surface area contributed by atoms with Gasteiger partial charge in [-0.15, -0.1) is 0 Å². The third kappa shape index (κ3) is 71.3. The molecule has 0 saturated carbocycles. The van der Waals surface area contributed by atoms with E-state index >= 15 is 0 Å². The predicted octanol–water partition coefficient (Wildman–Crippen LogP) is 25.7. The number of carbonyl (C=O) groups is 2. The Morgan fingerprint density at radius 1 is 0.318 bits per heavy atom. The van der Waals surface area contributed by atoms with Gasteiger partial charge in [0.15, 0.2) is 0 Å². The van der Waals surface area contributed by atoms with Gasteiger partial charge in [0.05, 0.1) is 25.4 Å². The molecule has 0 saturated heterocycles. The molecule has 0 aliphatic rings. The number of carbonyl (C=O) groups excluding carboxylic acids is 2. The Kier molecular flexibility index (Phi) is 73.3. The second-order valence-electron chi connectivity index (χ2n) is 27.0. The molecule has 1 amide bonds. The summed E-state index contributed by atoms with van der Waals surface area (Å²) in [5.41, 5.74) is 0. The minimum absolute atomic E-state index is 0.0173. The Hall–Kier alpha value is -1.66. The molecular weight excluding hydrogens is 1040 g/mol. The first-order chi connectivity index (χ1) is 42.0. The first-order valence-electron chi connectivity index (χ1n) is 39.1. The van der Waals surface area contributed by atoms with Gasteiger partial charge in [-0.3, -0.25) is 9.59 Å². The number of amides is 1. The number of unbranched alkanes of at least 4 members (excludes halogenated alkanes) is 61. The zero-order chi connectivity index (χ0) is 61.3. The molecule has 6 heteroatoms. The molecule has 0 spiro atoms. The molecule has 2 unspecified atom stereocenters. The molecule has 0 aromatic rings. The van der Waals surface area contributed by atoms with Gasteiger partial charge in [-0.25, -0.2) is 0 Å². The van der Waals surface area contributed by atoms with Gasteiger partial charge in [0.2, 0.25) is 5.91 Å². The van der Waals surface area contributed by atoms with E-state index in [1.54, 1.807) is 6.08 Å². The van der Waals surface area contributed by atoms with Crippen molar-refractivity contribution in [3.8, 4) is 0 Å². The minimum atomic E-state index is -0.843. The molecule has 504 valence electrons. The standard InChI is InChI=1S/C79H153NO5/c1-3-5-7-9-11-13-15-17-19-21-23-33-36-39-43-47-51-55-59-63-67-71-77(82)76(75-81)80-78(83)72-68-64-60-56-52-48-44-40-37-34-31-29-27-25-24-26-28-30-32-35-38-42-46-50-54-58-62-66-70-74-85-79(84)73-69-65-61-57-53-49-45-41-22-20-18-16-14-12-10-8-6-4-2/h20,22,67,71,76-77,81-82H,3-19,21,23-66,68-70,72-75H2,1-2H3,(H,80,83)/b22-20-,71-67+. The largest absolute Gasteiger partial charge is 0.466 e. The Balaban J connectivity index is 3.35. The number of hydrogen-bond donors (Lipinski definition) is 3. The minimum Gasteiger partial charge on any atom is -0.466 e. The van der Waals surface area contributed by atoms with E-state index in [1.165, 1.54) is 372 Å². The normalized spacial score (nSPS) is 12.6. The van der Waals surface area contributed by atoms with E-state index in [2.05, 4.69) is 31.3 Å². The van der Waals surface area contributed by atoms with E-state index in [9.17, 15) is 19.8 Å². The second-order valence-corrected chi connectivity index (χ2v) is 27.0. The molecule has 3 N–H and O–H groups in total. The molecule has 0 heterocycles. The molecule has 0 aliphatic heterocycles. The van der Waals surface area contributed by atoms with Crippen LogP contribution in [-0.2, 0) is 14.3 Å². The predicted molar refractivity (Wildman–Crippen MR) is 375 cm³/mol. The average molecular weight is 1200 g/mol. The number of aliphatic hydroxyl groups is 2. The molecule has 6 nitrogen and oxygen atoms in total. The zero-order valence-corrected chi connectivity index (χ0v) is 57.9. The van der Waals surface area contributed by atoms with Crippen LogP contribution in [0.5, 0.6) is 0 Å². The number of aliphatic hydroxyl groups excluding tert-OH is 2. The molecule has 0 bridgehead atoms. The van der Waals surface area contributed by atoms with Crippen LogP contribution in [0, 0.1) is 0 Å². The van der Waals surface area contributed by atoms with Gasteiger partial charge < -0.3 is 20.3 Å². The van der Waals surface area contributed by atoms with Crippen LogP contribution in [0.1, 0.15) is 444 Å². The summed E-state index contributed by atoms with van der Waals surface area (Å²) in [6.07, 6.45) is 95.8. The van der Waals surface area contributed by atoms with E-state index in [0.717, 1.165) is 44.9 Å². The van der Waals surface area contributed by atoms with Crippen molar-refractivity contribution in [3.05, 3.63) is 24.3 Å². The van der Waals surface area contributed by atoms with Crippen LogP contribution in [-0.4, -0.2) is 47.4 Å². The van der Waals surface area contributed by atoms with Crippen LogP contribution < -0.4 is 5.32 Å². The van der Waals surface area contributed by atoms with Crippen molar-refractivity contribution < 1.29 is 24.5 Å². The highest BCUT2D eigenvalue weighted by Crippen LogP contribution is 2.20. The van der Waals surface area contributed by atoms with Crippen molar-refractivity contribution in [2.75, 3.05) is 13.2 Å². The smallest absolute Gasteiger partial charge is 0.305 e. The molecule has 0 aromatic heterocycles. The highest BCUT2D eigenvalue weighted by atomic mass is 16.5. The van der Waals surface area contributed by atoms with Gasteiger partial charge in [-0.05, 0) is 57.8 Å². The topological polar surface area (TPSA) is 95.9 Å².